The maximum absolute atomic E-state index is 13.8. The molecule has 2 amide bonds. The molecule has 0 saturated carbocycles. The van der Waals surface area contributed by atoms with E-state index in [1.54, 1.807) is 23.5 Å². The second-order valence-corrected chi connectivity index (χ2v) is 10.6. The quantitative estimate of drug-likeness (QED) is 0.313. The lowest BCUT2D eigenvalue weighted by Gasteiger charge is -2.24. The number of halogens is 1. The van der Waals surface area contributed by atoms with Crippen molar-refractivity contribution in [1.29, 1.82) is 0 Å². The van der Waals surface area contributed by atoms with Gasteiger partial charge in [-0.2, -0.15) is 11.3 Å². The Morgan fingerprint density at radius 3 is 2.54 bits per heavy atom. The molecule has 0 aliphatic heterocycles. The highest BCUT2D eigenvalue weighted by Gasteiger charge is 2.27. The second kappa shape index (κ2) is 15.6. The van der Waals surface area contributed by atoms with E-state index >= 15 is 0 Å². The Kier molecular flexibility index (Phi) is 12.8. The number of rotatable bonds is 15. The first-order valence-corrected chi connectivity index (χ1v) is 14.0. The van der Waals surface area contributed by atoms with Crippen LogP contribution in [0.3, 0.4) is 0 Å². The summed E-state index contributed by atoms with van der Waals surface area (Å²) in [6.07, 6.45) is 1.82. The lowest BCUT2D eigenvalue weighted by atomic mass is 10.0. The first-order chi connectivity index (χ1) is 16.8. The molecule has 6 nitrogen and oxygen atoms in total. The number of hydrogen-bond donors (Lipinski definition) is 2. The molecule has 0 aliphatic carbocycles. The van der Waals surface area contributed by atoms with Gasteiger partial charge in [0.05, 0.1) is 11.8 Å². The van der Waals surface area contributed by atoms with E-state index in [0.29, 0.717) is 18.6 Å². The fourth-order valence-electron chi connectivity index (χ4n) is 3.38. The third-order valence-corrected chi connectivity index (χ3v) is 7.04. The first kappa shape index (κ1) is 28.8. The monoisotopic (exact) mass is 522 g/mol. The maximum atomic E-state index is 13.8. The largest absolute Gasteiger partial charge is 0.445 e. The Labute approximate surface area is 215 Å². The van der Waals surface area contributed by atoms with Gasteiger partial charge in [0.2, 0.25) is 5.91 Å². The fraction of sp³-hybridized carbons (Fsp3) is 0.500. The van der Waals surface area contributed by atoms with Gasteiger partial charge in [-0.05, 0) is 47.2 Å². The number of Topliss-reactive ketones (excluding diaryl/α,β-unsaturated/α-hetero) is 1. The Balaban J connectivity index is 1.95. The second-order valence-electron chi connectivity index (χ2n) is 8.79. The number of ketones is 1. The molecular weight excluding hydrogens is 487 g/mol. The number of carbonyl (C=O) groups is 3. The van der Waals surface area contributed by atoms with Crippen LogP contribution in [0, 0.1) is 11.7 Å². The molecule has 192 valence electrons. The van der Waals surface area contributed by atoms with E-state index in [9.17, 15) is 18.8 Å². The molecule has 2 rings (SSSR count). The van der Waals surface area contributed by atoms with Crippen molar-refractivity contribution in [3.63, 3.8) is 0 Å². The number of thioether (sulfide) groups is 1. The zero-order valence-electron chi connectivity index (χ0n) is 20.6. The molecule has 0 radical (unpaired) electrons. The molecule has 9 heteroatoms. The van der Waals surface area contributed by atoms with Crippen molar-refractivity contribution in [2.24, 2.45) is 5.92 Å². The molecule has 0 bridgehead atoms. The highest BCUT2D eigenvalue weighted by Crippen LogP contribution is 2.17. The smallest absolute Gasteiger partial charge is 0.408 e. The van der Waals surface area contributed by atoms with Gasteiger partial charge in [-0.1, -0.05) is 51.8 Å². The average molecular weight is 523 g/mol. The molecule has 2 aromatic rings. The van der Waals surface area contributed by atoms with Crippen molar-refractivity contribution in [3.8, 4) is 0 Å². The SMILES string of the molecule is CCCC[C@H](NC(=O)[C@H](CC(C)C)NC(=O)OCc1ccccc1F)C(=O)CSCc1ccsc1. The molecule has 2 N–H and O–H groups in total. The highest BCUT2D eigenvalue weighted by molar-refractivity contribution is 7.99. The molecule has 1 aromatic carbocycles. The number of carbonyl (C=O) groups excluding carboxylic acids is 3. The summed E-state index contributed by atoms with van der Waals surface area (Å²) in [5, 5.41) is 9.51. The average Bonchev–Trinajstić information content (AvgIpc) is 3.34. The van der Waals surface area contributed by atoms with Crippen LogP contribution in [0.15, 0.2) is 41.1 Å². The van der Waals surface area contributed by atoms with E-state index in [1.165, 1.54) is 29.5 Å². The van der Waals surface area contributed by atoms with Gasteiger partial charge in [-0.3, -0.25) is 9.59 Å². The first-order valence-electron chi connectivity index (χ1n) is 11.9. The summed E-state index contributed by atoms with van der Waals surface area (Å²) in [5.74, 6) is 0.248. The Morgan fingerprint density at radius 1 is 1.11 bits per heavy atom. The maximum Gasteiger partial charge on any atom is 0.408 e. The zero-order chi connectivity index (χ0) is 25.6. The highest BCUT2D eigenvalue weighted by atomic mass is 32.2. The minimum absolute atomic E-state index is 0.0301. The van der Waals surface area contributed by atoms with Crippen molar-refractivity contribution >= 4 is 40.9 Å². The summed E-state index contributed by atoms with van der Waals surface area (Å²) in [4.78, 5) is 38.3. The molecule has 0 spiro atoms. The number of nitrogens with one attached hydrogen (secondary N) is 2. The van der Waals surface area contributed by atoms with Gasteiger partial charge in [0.25, 0.3) is 0 Å². The number of benzene rings is 1. The van der Waals surface area contributed by atoms with E-state index in [2.05, 4.69) is 16.0 Å². The minimum atomic E-state index is -0.862. The van der Waals surface area contributed by atoms with Crippen molar-refractivity contribution in [2.75, 3.05) is 5.75 Å². The van der Waals surface area contributed by atoms with E-state index < -0.39 is 29.9 Å². The van der Waals surface area contributed by atoms with Crippen LogP contribution in [0.1, 0.15) is 57.6 Å². The molecule has 2 atom stereocenters. The van der Waals surface area contributed by atoms with Gasteiger partial charge in [-0.25, -0.2) is 9.18 Å². The molecule has 0 saturated heterocycles. The predicted molar refractivity (Wildman–Crippen MR) is 140 cm³/mol. The summed E-state index contributed by atoms with van der Waals surface area (Å²) in [7, 11) is 0. The molecule has 0 fully saturated rings. The van der Waals surface area contributed by atoms with Crippen molar-refractivity contribution < 1.29 is 23.5 Å². The van der Waals surface area contributed by atoms with Crippen LogP contribution in [0.25, 0.3) is 0 Å². The number of alkyl carbamates (subject to hydrolysis) is 1. The third-order valence-electron chi connectivity index (χ3n) is 5.28. The van der Waals surface area contributed by atoms with Gasteiger partial charge in [0.1, 0.15) is 18.5 Å². The minimum Gasteiger partial charge on any atom is -0.445 e. The number of hydrogen-bond acceptors (Lipinski definition) is 6. The summed E-state index contributed by atoms with van der Waals surface area (Å²) in [5.41, 5.74) is 1.43. The van der Waals surface area contributed by atoms with Crippen LogP contribution in [0.4, 0.5) is 9.18 Å². The van der Waals surface area contributed by atoms with Gasteiger partial charge < -0.3 is 15.4 Å². The lowest BCUT2D eigenvalue weighted by Crippen LogP contribution is -2.52. The molecular formula is C26H35FN2O4S2. The number of thiophene rings is 1. The lowest BCUT2D eigenvalue weighted by molar-refractivity contribution is -0.128. The zero-order valence-corrected chi connectivity index (χ0v) is 22.2. The summed E-state index contributed by atoms with van der Waals surface area (Å²) in [6.45, 7) is 5.66. The Bertz CT molecular complexity index is 937. The van der Waals surface area contributed by atoms with E-state index in [0.717, 1.165) is 18.6 Å². The third kappa shape index (κ3) is 10.8. The molecule has 1 aromatic heterocycles. The normalized spacial score (nSPS) is 12.7. The van der Waals surface area contributed by atoms with E-state index in [4.69, 9.17) is 4.74 Å². The summed E-state index contributed by atoms with van der Waals surface area (Å²) in [6, 6.07) is 6.59. The number of amides is 2. The van der Waals surface area contributed by atoms with Gasteiger partial charge in [-0.15, -0.1) is 11.8 Å². The Morgan fingerprint density at radius 2 is 1.89 bits per heavy atom. The van der Waals surface area contributed by atoms with Gasteiger partial charge in [0.15, 0.2) is 5.78 Å². The standard InChI is InChI=1S/C26H35FN2O4S2/c1-4-5-10-22(24(30)17-35-16-19-11-12-34-15-19)28-25(31)23(13-18(2)3)29-26(32)33-14-20-8-6-7-9-21(20)27/h6-9,11-12,15,18,22-23H,4-5,10,13-14,16-17H2,1-3H3,(H,28,31)(H,29,32)/t22-,23-/m0/s1. The van der Waals surface area contributed by atoms with Crippen LogP contribution in [-0.2, 0) is 26.7 Å². The molecule has 0 unspecified atom stereocenters. The van der Waals surface area contributed by atoms with Crippen LogP contribution in [-0.4, -0.2) is 35.6 Å². The summed E-state index contributed by atoms with van der Waals surface area (Å²) >= 11 is 3.15. The van der Waals surface area contributed by atoms with E-state index in [-0.39, 0.29) is 23.9 Å². The van der Waals surface area contributed by atoms with Gasteiger partial charge in [0, 0.05) is 11.3 Å². The molecule has 1 heterocycles. The topological polar surface area (TPSA) is 84.5 Å². The molecule has 35 heavy (non-hydrogen) atoms. The summed E-state index contributed by atoms with van der Waals surface area (Å²) < 4.78 is 18.9. The van der Waals surface area contributed by atoms with Crippen molar-refractivity contribution in [3.05, 3.63) is 58.0 Å². The number of ether oxygens (including phenoxy) is 1. The predicted octanol–water partition coefficient (Wildman–Crippen LogP) is 5.71. The van der Waals surface area contributed by atoms with E-state index in [1.807, 2.05) is 32.2 Å². The molecule has 0 aliphatic rings. The van der Waals surface area contributed by atoms with Crippen LogP contribution >= 0.6 is 23.1 Å². The van der Waals surface area contributed by atoms with Crippen molar-refractivity contribution in [2.45, 2.75) is 70.9 Å². The fourth-order valence-corrected chi connectivity index (χ4v) is 5.08. The van der Waals surface area contributed by atoms with Crippen LogP contribution < -0.4 is 10.6 Å². The van der Waals surface area contributed by atoms with Crippen LogP contribution in [0.2, 0.25) is 0 Å². The van der Waals surface area contributed by atoms with Crippen LogP contribution in [0.5, 0.6) is 0 Å². The number of unbranched alkanes of at least 4 members (excludes halogenated alkanes) is 1. The van der Waals surface area contributed by atoms with Crippen molar-refractivity contribution in [1.82, 2.24) is 10.6 Å². The Hall–Kier alpha value is -2.39. The van der Waals surface area contributed by atoms with Gasteiger partial charge >= 0.3 is 6.09 Å².